The van der Waals surface area contributed by atoms with E-state index in [1.165, 1.54) is 0 Å². The number of carbonyl (C=O) groups is 1. The van der Waals surface area contributed by atoms with Crippen LogP contribution >= 0.6 is 0 Å². The van der Waals surface area contributed by atoms with Crippen LogP contribution in [0.4, 0.5) is 0 Å². The lowest BCUT2D eigenvalue weighted by atomic mass is 10.3. The van der Waals surface area contributed by atoms with Crippen LogP contribution in [-0.4, -0.2) is 17.5 Å². The fourth-order valence-electron chi connectivity index (χ4n) is 2.06. The lowest BCUT2D eigenvalue weighted by molar-refractivity contribution is 0.112. The van der Waals surface area contributed by atoms with E-state index in [1.54, 1.807) is 0 Å². The van der Waals surface area contributed by atoms with Crippen LogP contribution in [0.5, 0.6) is 5.75 Å². The molecule has 1 aromatic heterocycles. The van der Waals surface area contributed by atoms with Gasteiger partial charge in [-0.1, -0.05) is 18.2 Å². The van der Waals surface area contributed by atoms with Crippen molar-refractivity contribution in [3.05, 3.63) is 53.3 Å². The van der Waals surface area contributed by atoms with Gasteiger partial charge in [-0.3, -0.25) is 4.79 Å². The SMILES string of the molecule is Cc1cc(C=O)c(C)n1CCOc1ccccc1. The summed E-state index contributed by atoms with van der Waals surface area (Å²) < 4.78 is 7.76. The molecule has 3 heteroatoms. The smallest absolute Gasteiger partial charge is 0.151 e. The molecule has 0 N–H and O–H groups in total. The van der Waals surface area contributed by atoms with Crippen molar-refractivity contribution in [3.63, 3.8) is 0 Å². The average molecular weight is 243 g/mol. The van der Waals surface area contributed by atoms with Crippen molar-refractivity contribution in [2.75, 3.05) is 6.61 Å². The van der Waals surface area contributed by atoms with E-state index in [-0.39, 0.29) is 0 Å². The number of rotatable bonds is 5. The van der Waals surface area contributed by atoms with Crippen molar-refractivity contribution in [3.8, 4) is 5.75 Å². The lowest BCUT2D eigenvalue weighted by Crippen LogP contribution is -2.10. The predicted molar refractivity (Wildman–Crippen MR) is 71.2 cm³/mol. The van der Waals surface area contributed by atoms with Gasteiger partial charge in [0.05, 0.1) is 6.54 Å². The number of hydrogen-bond acceptors (Lipinski definition) is 2. The van der Waals surface area contributed by atoms with E-state index in [0.29, 0.717) is 6.61 Å². The average Bonchev–Trinajstić information content (AvgIpc) is 2.67. The maximum Gasteiger partial charge on any atom is 0.151 e. The van der Waals surface area contributed by atoms with Gasteiger partial charge in [-0.25, -0.2) is 0 Å². The number of aryl methyl sites for hydroxylation is 1. The Kier molecular flexibility index (Phi) is 3.82. The van der Waals surface area contributed by atoms with Crippen molar-refractivity contribution in [2.45, 2.75) is 20.4 Å². The molecule has 2 rings (SSSR count). The number of nitrogens with zero attached hydrogens (tertiary/aromatic N) is 1. The van der Waals surface area contributed by atoms with Crippen LogP contribution in [0.1, 0.15) is 21.7 Å². The number of ether oxygens (including phenoxy) is 1. The second-order valence-corrected chi connectivity index (χ2v) is 4.26. The summed E-state index contributed by atoms with van der Waals surface area (Å²) in [5.74, 6) is 0.871. The monoisotopic (exact) mass is 243 g/mol. The van der Waals surface area contributed by atoms with Gasteiger partial charge in [0.15, 0.2) is 6.29 Å². The zero-order valence-corrected chi connectivity index (χ0v) is 10.7. The molecule has 1 heterocycles. The first-order chi connectivity index (χ1) is 8.72. The highest BCUT2D eigenvalue weighted by atomic mass is 16.5. The topological polar surface area (TPSA) is 31.2 Å². The van der Waals surface area contributed by atoms with Crippen LogP contribution in [0.2, 0.25) is 0 Å². The van der Waals surface area contributed by atoms with E-state index in [1.807, 2.05) is 50.2 Å². The maximum atomic E-state index is 10.8. The zero-order valence-electron chi connectivity index (χ0n) is 10.7. The van der Waals surface area contributed by atoms with E-state index in [4.69, 9.17) is 4.74 Å². The Labute approximate surface area is 107 Å². The molecule has 1 aromatic carbocycles. The molecule has 18 heavy (non-hydrogen) atoms. The minimum atomic E-state index is 0.596. The molecule has 0 fully saturated rings. The molecule has 3 nitrogen and oxygen atoms in total. The Balaban J connectivity index is 1.99. The maximum absolute atomic E-state index is 10.8. The summed E-state index contributed by atoms with van der Waals surface area (Å²) in [5, 5.41) is 0. The second kappa shape index (κ2) is 5.54. The third-order valence-corrected chi connectivity index (χ3v) is 3.07. The van der Waals surface area contributed by atoms with Crippen LogP contribution in [0, 0.1) is 13.8 Å². The van der Waals surface area contributed by atoms with Crippen LogP contribution in [0.3, 0.4) is 0 Å². The normalized spacial score (nSPS) is 10.3. The largest absolute Gasteiger partial charge is 0.492 e. The third-order valence-electron chi connectivity index (χ3n) is 3.07. The Morgan fingerprint density at radius 3 is 2.56 bits per heavy atom. The van der Waals surface area contributed by atoms with Crippen molar-refractivity contribution in [2.24, 2.45) is 0 Å². The molecule has 0 spiro atoms. The first-order valence-electron chi connectivity index (χ1n) is 6.02. The molecule has 2 aromatic rings. The molecule has 0 unspecified atom stereocenters. The van der Waals surface area contributed by atoms with E-state index in [0.717, 1.165) is 35.5 Å². The van der Waals surface area contributed by atoms with Gasteiger partial charge in [0.2, 0.25) is 0 Å². The van der Waals surface area contributed by atoms with Crippen molar-refractivity contribution in [1.82, 2.24) is 4.57 Å². The Bertz CT molecular complexity index is 529. The first kappa shape index (κ1) is 12.4. The summed E-state index contributed by atoms with van der Waals surface area (Å²) in [4.78, 5) is 10.8. The quantitative estimate of drug-likeness (QED) is 0.756. The van der Waals surface area contributed by atoms with Gasteiger partial charge < -0.3 is 9.30 Å². The minimum Gasteiger partial charge on any atom is -0.492 e. The van der Waals surface area contributed by atoms with E-state index in [9.17, 15) is 4.79 Å². The molecule has 94 valence electrons. The number of aldehydes is 1. The molecule has 0 aliphatic carbocycles. The van der Waals surface area contributed by atoms with Gasteiger partial charge in [0.1, 0.15) is 12.4 Å². The molecule has 0 radical (unpaired) electrons. The van der Waals surface area contributed by atoms with E-state index in [2.05, 4.69) is 4.57 Å². The standard InChI is InChI=1S/C15H17NO2/c1-12-10-14(11-17)13(2)16(12)8-9-18-15-6-4-3-5-7-15/h3-7,10-11H,8-9H2,1-2H3. The number of benzene rings is 1. The Morgan fingerprint density at radius 1 is 1.22 bits per heavy atom. The summed E-state index contributed by atoms with van der Waals surface area (Å²) in [6.07, 6.45) is 0.900. The van der Waals surface area contributed by atoms with Crippen molar-refractivity contribution < 1.29 is 9.53 Å². The highest BCUT2D eigenvalue weighted by Gasteiger charge is 2.07. The Hall–Kier alpha value is -2.03. The minimum absolute atomic E-state index is 0.596. The van der Waals surface area contributed by atoms with Gasteiger partial charge in [-0.15, -0.1) is 0 Å². The van der Waals surface area contributed by atoms with Crippen LogP contribution in [0.25, 0.3) is 0 Å². The molecule has 0 atom stereocenters. The highest BCUT2D eigenvalue weighted by Crippen LogP contribution is 2.14. The molecular weight excluding hydrogens is 226 g/mol. The van der Waals surface area contributed by atoms with Crippen molar-refractivity contribution >= 4 is 6.29 Å². The molecule has 0 saturated carbocycles. The molecule has 0 amide bonds. The van der Waals surface area contributed by atoms with Gasteiger partial charge in [-0.05, 0) is 32.0 Å². The molecule has 0 saturated heterocycles. The van der Waals surface area contributed by atoms with Gasteiger partial charge in [-0.2, -0.15) is 0 Å². The molecule has 0 bridgehead atoms. The summed E-state index contributed by atoms with van der Waals surface area (Å²) >= 11 is 0. The molecule has 0 aliphatic rings. The Morgan fingerprint density at radius 2 is 1.94 bits per heavy atom. The fourth-order valence-corrected chi connectivity index (χ4v) is 2.06. The van der Waals surface area contributed by atoms with E-state index < -0.39 is 0 Å². The van der Waals surface area contributed by atoms with Gasteiger partial charge in [0.25, 0.3) is 0 Å². The first-order valence-corrected chi connectivity index (χ1v) is 6.02. The van der Waals surface area contributed by atoms with Crippen LogP contribution in [-0.2, 0) is 6.54 Å². The summed E-state index contributed by atoms with van der Waals surface area (Å²) in [7, 11) is 0. The summed E-state index contributed by atoms with van der Waals surface area (Å²) in [6.45, 7) is 5.31. The number of carbonyl (C=O) groups excluding carboxylic acids is 1. The number of aromatic nitrogens is 1. The predicted octanol–water partition coefficient (Wildman–Crippen LogP) is 3.00. The summed E-state index contributed by atoms with van der Waals surface area (Å²) in [5.41, 5.74) is 2.85. The lowest BCUT2D eigenvalue weighted by Gasteiger charge is -2.10. The van der Waals surface area contributed by atoms with Gasteiger partial charge in [0, 0.05) is 17.0 Å². The van der Waals surface area contributed by atoms with Gasteiger partial charge >= 0.3 is 0 Å². The highest BCUT2D eigenvalue weighted by molar-refractivity contribution is 5.77. The van der Waals surface area contributed by atoms with Crippen molar-refractivity contribution in [1.29, 1.82) is 0 Å². The van der Waals surface area contributed by atoms with E-state index >= 15 is 0 Å². The van der Waals surface area contributed by atoms with Crippen LogP contribution in [0.15, 0.2) is 36.4 Å². The zero-order chi connectivity index (χ0) is 13.0. The number of para-hydroxylation sites is 1. The van der Waals surface area contributed by atoms with Crippen LogP contribution < -0.4 is 4.74 Å². The second-order valence-electron chi connectivity index (χ2n) is 4.26. The molecular formula is C15H17NO2. The fraction of sp³-hybridized carbons (Fsp3) is 0.267. The summed E-state index contributed by atoms with van der Waals surface area (Å²) in [6, 6.07) is 11.6. The molecule has 0 aliphatic heterocycles. The third kappa shape index (κ3) is 2.62. The number of hydrogen-bond donors (Lipinski definition) is 0.